The highest BCUT2D eigenvalue weighted by Gasteiger charge is 2.31. The van der Waals surface area contributed by atoms with E-state index in [2.05, 4.69) is 6.58 Å². The lowest BCUT2D eigenvalue weighted by molar-refractivity contribution is -0.0316. The van der Waals surface area contributed by atoms with Crippen LogP contribution in [0.25, 0.3) is 0 Å². The van der Waals surface area contributed by atoms with Crippen molar-refractivity contribution >= 4 is 0 Å². The number of hydrogen-bond acceptors (Lipinski definition) is 2. The maximum atomic E-state index is 10.3. The van der Waals surface area contributed by atoms with E-state index in [0.29, 0.717) is 5.92 Å². The topological polar surface area (TPSA) is 40.5 Å². The molecule has 0 amide bonds. The normalized spacial score (nSPS) is 25.8. The Labute approximate surface area is 99.4 Å². The van der Waals surface area contributed by atoms with Crippen LogP contribution in [0.4, 0.5) is 0 Å². The molecule has 2 nitrogen and oxygen atoms in total. The smallest absolute Gasteiger partial charge is 0.0650 e. The quantitative estimate of drug-likeness (QED) is 0.708. The van der Waals surface area contributed by atoms with Crippen LogP contribution in [0.3, 0.4) is 0 Å². The van der Waals surface area contributed by atoms with Gasteiger partial charge in [-0.3, -0.25) is 0 Å². The monoisotopic (exact) mass is 226 g/mol. The Morgan fingerprint density at radius 3 is 2.19 bits per heavy atom. The van der Waals surface area contributed by atoms with E-state index in [1.54, 1.807) is 6.08 Å². The third-order valence-electron chi connectivity index (χ3n) is 4.12. The molecule has 16 heavy (non-hydrogen) atoms. The van der Waals surface area contributed by atoms with Crippen LogP contribution in [0.15, 0.2) is 12.7 Å². The van der Waals surface area contributed by atoms with E-state index >= 15 is 0 Å². The van der Waals surface area contributed by atoms with Crippen molar-refractivity contribution < 1.29 is 10.2 Å². The van der Waals surface area contributed by atoms with Crippen LogP contribution in [-0.4, -0.2) is 22.4 Å². The summed E-state index contributed by atoms with van der Waals surface area (Å²) in [7, 11) is 0. The van der Waals surface area contributed by atoms with Gasteiger partial charge in [-0.15, -0.1) is 6.58 Å². The van der Waals surface area contributed by atoms with Crippen molar-refractivity contribution in [1.29, 1.82) is 0 Å². The van der Waals surface area contributed by atoms with Crippen LogP contribution in [0.2, 0.25) is 0 Å². The minimum Gasteiger partial charge on any atom is -0.392 e. The third kappa shape index (κ3) is 3.33. The van der Waals surface area contributed by atoms with E-state index < -0.39 is 6.10 Å². The Kier molecular flexibility index (Phi) is 5.50. The summed E-state index contributed by atoms with van der Waals surface area (Å²) in [5, 5.41) is 20.3. The van der Waals surface area contributed by atoms with Gasteiger partial charge in [0.05, 0.1) is 12.2 Å². The zero-order valence-electron chi connectivity index (χ0n) is 10.6. The molecule has 0 aromatic carbocycles. The molecular weight excluding hydrogens is 200 g/mol. The summed E-state index contributed by atoms with van der Waals surface area (Å²) < 4.78 is 0. The van der Waals surface area contributed by atoms with Crippen molar-refractivity contribution in [3.63, 3.8) is 0 Å². The second-order valence-corrected chi connectivity index (χ2v) is 5.33. The van der Waals surface area contributed by atoms with Gasteiger partial charge in [-0.25, -0.2) is 0 Å². The molecule has 0 aromatic heterocycles. The second kappa shape index (κ2) is 6.41. The lowest BCUT2D eigenvalue weighted by Gasteiger charge is -2.34. The van der Waals surface area contributed by atoms with Crippen LogP contribution in [0, 0.1) is 17.8 Å². The Morgan fingerprint density at radius 2 is 1.69 bits per heavy atom. The van der Waals surface area contributed by atoms with Gasteiger partial charge in [0.2, 0.25) is 0 Å². The van der Waals surface area contributed by atoms with Crippen molar-refractivity contribution in [3.05, 3.63) is 12.7 Å². The molecule has 0 heterocycles. The molecule has 94 valence electrons. The fourth-order valence-corrected chi connectivity index (χ4v) is 2.73. The van der Waals surface area contributed by atoms with Crippen LogP contribution in [-0.2, 0) is 0 Å². The average Bonchev–Trinajstić information content (AvgIpc) is 2.36. The first-order chi connectivity index (χ1) is 7.57. The number of hydrogen-bond donors (Lipinski definition) is 2. The zero-order chi connectivity index (χ0) is 12.1. The van der Waals surface area contributed by atoms with Crippen LogP contribution >= 0.6 is 0 Å². The largest absolute Gasteiger partial charge is 0.392 e. The first-order valence-corrected chi connectivity index (χ1v) is 6.56. The van der Waals surface area contributed by atoms with Gasteiger partial charge in [-0.05, 0) is 18.8 Å². The Hall–Kier alpha value is -0.340. The summed E-state index contributed by atoms with van der Waals surface area (Å²) in [4.78, 5) is 0. The lowest BCUT2D eigenvalue weighted by Crippen LogP contribution is -2.38. The molecule has 4 atom stereocenters. The van der Waals surface area contributed by atoms with E-state index in [1.165, 1.54) is 19.3 Å². The highest BCUT2D eigenvalue weighted by Crippen LogP contribution is 2.31. The maximum absolute atomic E-state index is 10.3. The van der Waals surface area contributed by atoms with Gasteiger partial charge in [0, 0.05) is 11.8 Å². The number of aliphatic hydroxyl groups excluding tert-OH is 2. The van der Waals surface area contributed by atoms with Crippen molar-refractivity contribution in [2.45, 2.75) is 58.2 Å². The highest BCUT2D eigenvalue weighted by atomic mass is 16.3. The van der Waals surface area contributed by atoms with Gasteiger partial charge in [-0.2, -0.15) is 0 Å². The minimum atomic E-state index is -0.477. The lowest BCUT2D eigenvalue weighted by atomic mass is 9.77. The van der Waals surface area contributed by atoms with Crippen molar-refractivity contribution in [2.75, 3.05) is 0 Å². The molecular formula is C14H26O2. The standard InChI is InChI=1S/C14H26O2/c1-4-10(2)13(15)11(3)14(16)12-8-6-5-7-9-12/h4,10-16H,1,5-9H2,2-3H3/t10?,11-,13?,14?/m0/s1. The van der Waals surface area contributed by atoms with Crippen molar-refractivity contribution in [1.82, 2.24) is 0 Å². The molecule has 1 saturated carbocycles. The molecule has 0 bridgehead atoms. The van der Waals surface area contributed by atoms with Gasteiger partial charge in [0.15, 0.2) is 0 Å². The van der Waals surface area contributed by atoms with Crippen LogP contribution in [0.5, 0.6) is 0 Å². The Bertz CT molecular complexity index is 209. The molecule has 0 radical (unpaired) electrons. The molecule has 1 aliphatic carbocycles. The summed E-state index contributed by atoms with van der Waals surface area (Å²) in [6, 6.07) is 0. The van der Waals surface area contributed by atoms with E-state index in [-0.39, 0.29) is 17.9 Å². The molecule has 0 aliphatic heterocycles. The molecule has 1 fully saturated rings. The third-order valence-corrected chi connectivity index (χ3v) is 4.12. The summed E-state index contributed by atoms with van der Waals surface area (Å²) in [5.74, 6) is 0.375. The van der Waals surface area contributed by atoms with Crippen LogP contribution < -0.4 is 0 Å². The molecule has 0 spiro atoms. The number of rotatable bonds is 5. The summed E-state index contributed by atoms with van der Waals surface area (Å²) >= 11 is 0. The molecule has 3 unspecified atom stereocenters. The number of aliphatic hydroxyl groups is 2. The van der Waals surface area contributed by atoms with Gasteiger partial charge in [0.25, 0.3) is 0 Å². The predicted molar refractivity (Wildman–Crippen MR) is 67.1 cm³/mol. The van der Waals surface area contributed by atoms with Gasteiger partial charge >= 0.3 is 0 Å². The zero-order valence-corrected chi connectivity index (χ0v) is 10.6. The maximum Gasteiger partial charge on any atom is 0.0650 e. The molecule has 1 aliphatic rings. The molecule has 0 aromatic rings. The average molecular weight is 226 g/mol. The van der Waals surface area contributed by atoms with Gasteiger partial charge < -0.3 is 10.2 Å². The fraction of sp³-hybridized carbons (Fsp3) is 0.857. The Balaban J connectivity index is 2.50. The summed E-state index contributed by atoms with van der Waals surface area (Å²) in [6.45, 7) is 7.59. The predicted octanol–water partition coefficient (Wildman–Crippen LogP) is 2.75. The van der Waals surface area contributed by atoms with E-state index in [4.69, 9.17) is 0 Å². The molecule has 1 rings (SSSR count). The van der Waals surface area contributed by atoms with Crippen LogP contribution in [0.1, 0.15) is 46.0 Å². The minimum absolute atomic E-state index is 0.0493. The first kappa shape index (κ1) is 13.7. The van der Waals surface area contributed by atoms with Crippen molar-refractivity contribution in [2.24, 2.45) is 17.8 Å². The molecule has 2 N–H and O–H groups in total. The molecule has 0 saturated heterocycles. The highest BCUT2D eigenvalue weighted by molar-refractivity contribution is 4.88. The van der Waals surface area contributed by atoms with E-state index in [1.807, 2.05) is 13.8 Å². The van der Waals surface area contributed by atoms with Gasteiger partial charge in [0.1, 0.15) is 0 Å². The SMILES string of the molecule is C=CC(C)C(O)[C@H](C)C(O)C1CCCCC1. The van der Waals surface area contributed by atoms with E-state index in [9.17, 15) is 10.2 Å². The first-order valence-electron chi connectivity index (χ1n) is 6.56. The van der Waals surface area contributed by atoms with E-state index in [0.717, 1.165) is 12.8 Å². The summed E-state index contributed by atoms with van der Waals surface area (Å²) in [6.07, 6.45) is 6.88. The fourth-order valence-electron chi connectivity index (χ4n) is 2.73. The second-order valence-electron chi connectivity index (χ2n) is 5.33. The van der Waals surface area contributed by atoms with Gasteiger partial charge in [-0.1, -0.05) is 39.2 Å². The Morgan fingerprint density at radius 1 is 1.12 bits per heavy atom. The van der Waals surface area contributed by atoms with Crippen molar-refractivity contribution in [3.8, 4) is 0 Å². The summed E-state index contributed by atoms with van der Waals surface area (Å²) in [5.41, 5.74) is 0. The molecule has 2 heteroatoms.